The largest absolute Gasteiger partial charge is 0.462 e. The third-order valence-corrected chi connectivity index (χ3v) is 5.01. The van der Waals surface area contributed by atoms with Crippen LogP contribution >= 0.6 is 22.9 Å². The van der Waals surface area contributed by atoms with Gasteiger partial charge in [0.2, 0.25) is 5.91 Å². The number of nitrogens with zero attached hydrogens (tertiary/aromatic N) is 2. The topological polar surface area (TPSA) is 116 Å². The van der Waals surface area contributed by atoms with Crippen molar-refractivity contribution in [3.63, 3.8) is 0 Å². The first-order valence-electron chi connectivity index (χ1n) is 7.83. The SMILES string of the molecule is CCOC(=O)c1c(NC(=O)C(C)Cn2cc(Cl)cn2)sc(C(N)=O)c1C. The lowest BCUT2D eigenvalue weighted by molar-refractivity contribution is -0.119. The Morgan fingerprint density at radius 2 is 2.15 bits per heavy atom. The summed E-state index contributed by atoms with van der Waals surface area (Å²) >= 11 is 6.76. The summed E-state index contributed by atoms with van der Waals surface area (Å²) in [5.41, 5.74) is 5.89. The maximum Gasteiger partial charge on any atom is 0.341 e. The van der Waals surface area contributed by atoms with Crippen LogP contribution in [0.4, 0.5) is 5.00 Å². The number of esters is 1. The highest BCUT2D eigenvalue weighted by molar-refractivity contribution is 7.18. The van der Waals surface area contributed by atoms with Crippen molar-refractivity contribution in [1.82, 2.24) is 9.78 Å². The fraction of sp³-hybridized carbons (Fsp3) is 0.375. The van der Waals surface area contributed by atoms with Crippen LogP contribution in [0.5, 0.6) is 0 Å². The Kier molecular flexibility index (Phi) is 6.38. The number of hydrogen-bond acceptors (Lipinski definition) is 6. The summed E-state index contributed by atoms with van der Waals surface area (Å²) in [5.74, 6) is -2.08. The Morgan fingerprint density at radius 1 is 1.46 bits per heavy atom. The predicted molar refractivity (Wildman–Crippen MR) is 98.6 cm³/mol. The second-order valence-corrected chi connectivity index (χ2v) is 7.07. The normalized spacial score (nSPS) is 11.8. The van der Waals surface area contributed by atoms with Gasteiger partial charge in [-0.1, -0.05) is 18.5 Å². The molecule has 0 aliphatic heterocycles. The van der Waals surface area contributed by atoms with Crippen LogP contribution in [0.3, 0.4) is 0 Å². The number of ether oxygens (including phenoxy) is 1. The quantitative estimate of drug-likeness (QED) is 0.695. The van der Waals surface area contributed by atoms with E-state index in [0.29, 0.717) is 17.1 Å². The number of rotatable bonds is 7. The van der Waals surface area contributed by atoms with E-state index in [1.54, 1.807) is 31.6 Å². The molecule has 1 unspecified atom stereocenters. The maximum atomic E-state index is 12.5. The molecule has 26 heavy (non-hydrogen) atoms. The minimum absolute atomic E-state index is 0.147. The zero-order chi connectivity index (χ0) is 19.4. The lowest BCUT2D eigenvalue weighted by atomic mass is 10.1. The molecule has 3 N–H and O–H groups in total. The van der Waals surface area contributed by atoms with Crippen molar-refractivity contribution in [3.8, 4) is 0 Å². The van der Waals surface area contributed by atoms with Crippen LogP contribution in [0.1, 0.15) is 39.4 Å². The molecule has 0 radical (unpaired) electrons. The lowest BCUT2D eigenvalue weighted by Crippen LogP contribution is -2.25. The molecule has 10 heteroatoms. The molecule has 2 heterocycles. The number of thiophene rings is 1. The van der Waals surface area contributed by atoms with Crippen molar-refractivity contribution in [1.29, 1.82) is 0 Å². The van der Waals surface area contributed by atoms with Gasteiger partial charge in [-0.25, -0.2) is 4.79 Å². The summed E-state index contributed by atoms with van der Waals surface area (Å²) in [4.78, 5) is 36.5. The minimum Gasteiger partial charge on any atom is -0.462 e. The molecule has 0 bridgehead atoms. The van der Waals surface area contributed by atoms with Gasteiger partial charge >= 0.3 is 5.97 Å². The van der Waals surface area contributed by atoms with Crippen LogP contribution in [-0.4, -0.2) is 34.2 Å². The standard InChI is InChI=1S/C16H19ClN4O4S/c1-4-25-16(24)11-9(3)12(13(18)22)26-15(11)20-14(23)8(2)6-21-7-10(17)5-19-21/h5,7-8H,4,6H2,1-3H3,(H2,18,22)(H,20,23). The van der Waals surface area contributed by atoms with E-state index in [4.69, 9.17) is 22.1 Å². The average molecular weight is 399 g/mol. The molecular weight excluding hydrogens is 380 g/mol. The van der Waals surface area contributed by atoms with E-state index in [1.165, 1.54) is 6.20 Å². The van der Waals surface area contributed by atoms with Crippen molar-refractivity contribution in [3.05, 3.63) is 33.4 Å². The Labute approximate surface area is 159 Å². The number of primary amides is 1. The fourth-order valence-corrected chi connectivity index (χ4v) is 3.53. The van der Waals surface area contributed by atoms with Gasteiger partial charge in [0, 0.05) is 6.20 Å². The van der Waals surface area contributed by atoms with E-state index in [9.17, 15) is 14.4 Å². The summed E-state index contributed by atoms with van der Waals surface area (Å²) < 4.78 is 6.57. The molecule has 0 aliphatic rings. The number of nitrogens with two attached hydrogens (primary N) is 1. The van der Waals surface area contributed by atoms with Crippen LogP contribution in [0.15, 0.2) is 12.4 Å². The van der Waals surface area contributed by atoms with E-state index in [1.807, 2.05) is 0 Å². The maximum absolute atomic E-state index is 12.5. The van der Waals surface area contributed by atoms with Crippen LogP contribution in [0.2, 0.25) is 5.02 Å². The number of carbonyl (C=O) groups excluding carboxylic acids is 3. The number of hydrogen-bond donors (Lipinski definition) is 2. The first-order chi connectivity index (χ1) is 12.2. The number of anilines is 1. The van der Waals surface area contributed by atoms with Crippen LogP contribution in [-0.2, 0) is 16.1 Å². The summed E-state index contributed by atoms with van der Waals surface area (Å²) in [5, 5.41) is 7.43. The third-order valence-electron chi connectivity index (χ3n) is 3.60. The van der Waals surface area contributed by atoms with E-state index >= 15 is 0 Å². The molecule has 0 aliphatic carbocycles. The molecule has 2 amide bonds. The van der Waals surface area contributed by atoms with Gasteiger partial charge < -0.3 is 15.8 Å². The van der Waals surface area contributed by atoms with Gasteiger partial charge in [0.05, 0.1) is 40.7 Å². The highest BCUT2D eigenvalue weighted by Gasteiger charge is 2.26. The molecule has 140 valence electrons. The molecule has 0 spiro atoms. The monoisotopic (exact) mass is 398 g/mol. The predicted octanol–water partition coefficient (Wildman–Crippen LogP) is 2.46. The van der Waals surface area contributed by atoms with Crippen molar-refractivity contribution < 1.29 is 19.1 Å². The van der Waals surface area contributed by atoms with Gasteiger partial charge in [0.1, 0.15) is 5.00 Å². The molecule has 8 nitrogen and oxygen atoms in total. The zero-order valence-corrected chi connectivity index (χ0v) is 16.1. The Balaban J connectivity index is 2.23. The number of aromatic nitrogens is 2. The Bertz CT molecular complexity index is 845. The van der Waals surface area contributed by atoms with Crippen molar-refractivity contribution >= 4 is 45.7 Å². The van der Waals surface area contributed by atoms with E-state index in [2.05, 4.69) is 10.4 Å². The molecule has 2 rings (SSSR count). The van der Waals surface area contributed by atoms with Gasteiger partial charge in [-0.15, -0.1) is 11.3 Å². The van der Waals surface area contributed by atoms with Crippen LogP contribution in [0.25, 0.3) is 0 Å². The molecular formula is C16H19ClN4O4S. The van der Waals surface area contributed by atoms with Gasteiger partial charge in [0.25, 0.3) is 5.91 Å². The van der Waals surface area contributed by atoms with Gasteiger partial charge in [-0.2, -0.15) is 5.10 Å². The van der Waals surface area contributed by atoms with Crippen LogP contribution < -0.4 is 11.1 Å². The highest BCUT2D eigenvalue weighted by atomic mass is 35.5. The van der Waals surface area contributed by atoms with Gasteiger partial charge in [-0.05, 0) is 19.4 Å². The Morgan fingerprint density at radius 3 is 2.69 bits per heavy atom. The molecule has 2 aromatic rings. The number of nitrogens with one attached hydrogen (secondary N) is 1. The summed E-state index contributed by atoms with van der Waals surface area (Å²) in [6, 6.07) is 0. The molecule has 0 aromatic carbocycles. The summed E-state index contributed by atoms with van der Waals surface area (Å²) in [6.07, 6.45) is 3.09. The van der Waals surface area contributed by atoms with Gasteiger partial charge in [0.15, 0.2) is 0 Å². The first kappa shape index (κ1) is 19.9. The second-order valence-electron chi connectivity index (χ2n) is 5.62. The van der Waals surface area contributed by atoms with Crippen molar-refractivity contribution in [2.75, 3.05) is 11.9 Å². The van der Waals surface area contributed by atoms with Crippen molar-refractivity contribution in [2.24, 2.45) is 11.7 Å². The highest BCUT2D eigenvalue weighted by Crippen LogP contribution is 2.33. The third kappa shape index (κ3) is 4.41. The zero-order valence-electron chi connectivity index (χ0n) is 14.5. The number of amides is 2. The Hall–Kier alpha value is -2.39. The van der Waals surface area contributed by atoms with Gasteiger partial charge in [-0.3, -0.25) is 14.3 Å². The number of carbonyl (C=O) groups is 3. The summed E-state index contributed by atoms with van der Waals surface area (Å²) in [7, 11) is 0. The minimum atomic E-state index is -0.669. The fourth-order valence-electron chi connectivity index (χ4n) is 2.32. The average Bonchev–Trinajstić information content (AvgIpc) is 3.10. The molecule has 2 aromatic heterocycles. The first-order valence-corrected chi connectivity index (χ1v) is 9.03. The second kappa shape index (κ2) is 8.33. The van der Waals surface area contributed by atoms with E-state index < -0.39 is 17.8 Å². The molecule has 0 saturated heterocycles. The smallest absolute Gasteiger partial charge is 0.341 e. The number of halogens is 1. The lowest BCUT2D eigenvalue weighted by Gasteiger charge is -2.12. The van der Waals surface area contributed by atoms with E-state index in [0.717, 1.165) is 11.3 Å². The molecule has 1 atom stereocenters. The van der Waals surface area contributed by atoms with Crippen molar-refractivity contribution in [2.45, 2.75) is 27.3 Å². The van der Waals surface area contributed by atoms with Crippen LogP contribution in [0, 0.1) is 12.8 Å². The molecule has 0 saturated carbocycles. The summed E-state index contributed by atoms with van der Waals surface area (Å²) in [6.45, 7) is 5.45. The van der Waals surface area contributed by atoms with E-state index in [-0.39, 0.29) is 28.0 Å². The molecule has 0 fully saturated rings.